The highest BCUT2D eigenvalue weighted by atomic mass is 35.5. The van der Waals surface area contributed by atoms with E-state index < -0.39 is 0 Å². The molecule has 102 valence electrons. The number of fused-ring (bicyclic) bond motifs is 1. The van der Waals surface area contributed by atoms with Gasteiger partial charge in [0.1, 0.15) is 4.88 Å². The maximum Gasteiger partial charge on any atom is 0.265 e. The molecule has 0 radical (unpaired) electrons. The number of nitrogen functional groups attached to an aromatic ring is 1. The quantitative estimate of drug-likeness (QED) is 0.911. The number of nitrogens with zero attached hydrogens (tertiary/aromatic N) is 1. The van der Waals surface area contributed by atoms with E-state index in [1.807, 2.05) is 19.2 Å². The van der Waals surface area contributed by atoms with E-state index >= 15 is 0 Å². The number of anilines is 1. The number of likely N-dealkylation sites (N-methyl/N-ethyl adjacent to an activating group) is 2. The lowest BCUT2D eigenvalue weighted by molar-refractivity contribution is 0.0802. The predicted molar refractivity (Wildman–Crippen MR) is 82.1 cm³/mol. The summed E-state index contributed by atoms with van der Waals surface area (Å²) in [5.41, 5.74) is 6.55. The van der Waals surface area contributed by atoms with Crippen molar-refractivity contribution in [2.45, 2.75) is 0 Å². The van der Waals surface area contributed by atoms with E-state index in [4.69, 9.17) is 17.3 Å². The molecule has 1 aromatic carbocycles. The van der Waals surface area contributed by atoms with Crippen LogP contribution in [0.1, 0.15) is 9.67 Å². The molecule has 0 spiro atoms. The zero-order chi connectivity index (χ0) is 14.0. The van der Waals surface area contributed by atoms with E-state index in [1.54, 1.807) is 18.0 Å². The highest BCUT2D eigenvalue weighted by Gasteiger charge is 2.20. The second kappa shape index (κ2) is 5.77. The lowest BCUT2D eigenvalue weighted by Crippen LogP contribution is -2.32. The Morgan fingerprint density at radius 1 is 1.53 bits per heavy atom. The molecule has 1 aromatic heterocycles. The van der Waals surface area contributed by atoms with Crippen molar-refractivity contribution in [2.75, 3.05) is 32.9 Å². The third-order valence-electron chi connectivity index (χ3n) is 2.94. The number of carbonyl (C=O) groups is 1. The summed E-state index contributed by atoms with van der Waals surface area (Å²) in [5.74, 6) is -0.0648. The highest BCUT2D eigenvalue weighted by Crippen LogP contribution is 2.38. The summed E-state index contributed by atoms with van der Waals surface area (Å²) >= 11 is 7.52. The van der Waals surface area contributed by atoms with E-state index in [0.29, 0.717) is 22.1 Å². The molecule has 0 aliphatic rings. The van der Waals surface area contributed by atoms with Crippen LogP contribution in [0.5, 0.6) is 0 Å². The number of nitrogens with one attached hydrogen (secondary N) is 1. The van der Waals surface area contributed by atoms with Gasteiger partial charge in [0.2, 0.25) is 0 Å². The van der Waals surface area contributed by atoms with Gasteiger partial charge in [0.25, 0.3) is 5.91 Å². The number of carbonyl (C=O) groups excluding carboxylic acids is 1. The Morgan fingerprint density at radius 2 is 2.26 bits per heavy atom. The van der Waals surface area contributed by atoms with Crippen molar-refractivity contribution >= 4 is 44.6 Å². The molecule has 2 aromatic rings. The van der Waals surface area contributed by atoms with Crippen LogP contribution in [0.25, 0.3) is 10.1 Å². The van der Waals surface area contributed by atoms with Crippen LogP contribution in [0, 0.1) is 0 Å². The third-order valence-corrected chi connectivity index (χ3v) is 4.41. The fourth-order valence-electron chi connectivity index (χ4n) is 1.84. The smallest absolute Gasteiger partial charge is 0.265 e. The number of nitrogens with two attached hydrogens (primary N) is 1. The third kappa shape index (κ3) is 2.68. The molecule has 19 heavy (non-hydrogen) atoms. The molecule has 2 rings (SSSR count). The van der Waals surface area contributed by atoms with Gasteiger partial charge >= 0.3 is 0 Å². The summed E-state index contributed by atoms with van der Waals surface area (Å²) in [4.78, 5) is 14.6. The minimum absolute atomic E-state index is 0.0648. The fraction of sp³-hybridized carbons (Fsp3) is 0.308. The summed E-state index contributed by atoms with van der Waals surface area (Å²) in [6.07, 6.45) is 0. The van der Waals surface area contributed by atoms with Crippen molar-refractivity contribution in [3.63, 3.8) is 0 Å². The van der Waals surface area contributed by atoms with Gasteiger partial charge in [-0.15, -0.1) is 11.3 Å². The van der Waals surface area contributed by atoms with E-state index in [1.165, 1.54) is 11.3 Å². The van der Waals surface area contributed by atoms with Crippen molar-refractivity contribution in [3.05, 3.63) is 28.1 Å². The van der Waals surface area contributed by atoms with Gasteiger partial charge in [-0.05, 0) is 19.2 Å². The maximum absolute atomic E-state index is 12.3. The molecular formula is C13H16ClN3OS. The zero-order valence-corrected chi connectivity index (χ0v) is 12.4. The molecular weight excluding hydrogens is 282 g/mol. The zero-order valence-electron chi connectivity index (χ0n) is 10.9. The fourth-order valence-corrected chi connectivity index (χ4v) is 3.32. The molecule has 4 nitrogen and oxygen atoms in total. The normalized spacial score (nSPS) is 10.9. The summed E-state index contributed by atoms with van der Waals surface area (Å²) in [7, 11) is 3.62. The van der Waals surface area contributed by atoms with Crippen molar-refractivity contribution in [3.8, 4) is 0 Å². The molecule has 0 aliphatic heterocycles. The van der Waals surface area contributed by atoms with Crippen LogP contribution >= 0.6 is 22.9 Å². The second-order valence-corrected chi connectivity index (χ2v) is 5.75. The first-order valence-electron chi connectivity index (χ1n) is 5.92. The SMILES string of the molecule is CNCCN(C)C(=O)c1sc2cccc(Cl)c2c1N. The van der Waals surface area contributed by atoms with Crippen LogP contribution in [-0.4, -0.2) is 38.0 Å². The first-order valence-corrected chi connectivity index (χ1v) is 7.12. The topological polar surface area (TPSA) is 58.4 Å². The van der Waals surface area contributed by atoms with Gasteiger partial charge in [0.05, 0.1) is 10.7 Å². The number of hydrogen-bond donors (Lipinski definition) is 2. The van der Waals surface area contributed by atoms with Gasteiger partial charge in [-0.1, -0.05) is 17.7 Å². The molecule has 0 bridgehead atoms. The lowest BCUT2D eigenvalue weighted by Gasteiger charge is -2.16. The van der Waals surface area contributed by atoms with Crippen molar-refractivity contribution in [1.29, 1.82) is 0 Å². The van der Waals surface area contributed by atoms with Crippen molar-refractivity contribution in [1.82, 2.24) is 10.2 Å². The minimum Gasteiger partial charge on any atom is -0.397 e. The Morgan fingerprint density at radius 3 is 2.89 bits per heavy atom. The van der Waals surface area contributed by atoms with Crippen LogP contribution in [0.3, 0.4) is 0 Å². The standard InChI is InChI=1S/C13H16ClN3OS/c1-16-6-7-17(2)13(18)12-11(15)10-8(14)4-3-5-9(10)19-12/h3-5,16H,6-7,15H2,1-2H3. The van der Waals surface area contributed by atoms with Crippen LogP contribution < -0.4 is 11.1 Å². The molecule has 0 aliphatic carbocycles. The number of rotatable bonds is 4. The molecule has 6 heteroatoms. The van der Waals surface area contributed by atoms with Gasteiger partial charge < -0.3 is 16.0 Å². The summed E-state index contributed by atoms with van der Waals surface area (Å²) in [6.45, 7) is 1.38. The van der Waals surface area contributed by atoms with Crippen molar-refractivity contribution < 1.29 is 4.79 Å². The van der Waals surface area contributed by atoms with Gasteiger partial charge in [-0.3, -0.25) is 4.79 Å². The lowest BCUT2D eigenvalue weighted by atomic mass is 10.2. The Bertz CT molecular complexity index is 611. The van der Waals surface area contributed by atoms with Gasteiger partial charge in [0, 0.05) is 30.2 Å². The van der Waals surface area contributed by atoms with E-state index in [9.17, 15) is 4.79 Å². The largest absolute Gasteiger partial charge is 0.397 e. The molecule has 1 heterocycles. The highest BCUT2D eigenvalue weighted by molar-refractivity contribution is 7.21. The first-order chi connectivity index (χ1) is 9.06. The van der Waals surface area contributed by atoms with Crippen LogP contribution in [0.4, 0.5) is 5.69 Å². The Balaban J connectivity index is 2.38. The molecule has 3 N–H and O–H groups in total. The molecule has 0 saturated carbocycles. The van der Waals surface area contributed by atoms with Crippen molar-refractivity contribution in [2.24, 2.45) is 0 Å². The Labute approximate surface area is 121 Å². The number of amides is 1. The number of thiophene rings is 1. The number of hydrogen-bond acceptors (Lipinski definition) is 4. The van der Waals surface area contributed by atoms with E-state index in [-0.39, 0.29) is 5.91 Å². The molecule has 1 amide bonds. The maximum atomic E-state index is 12.3. The van der Waals surface area contributed by atoms with Gasteiger partial charge in [0.15, 0.2) is 0 Å². The Hall–Kier alpha value is -1.30. The van der Waals surface area contributed by atoms with Crippen LogP contribution in [-0.2, 0) is 0 Å². The van der Waals surface area contributed by atoms with Crippen LogP contribution in [0.15, 0.2) is 18.2 Å². The predicted octanol–water partition coefficient (Wildman–Crippen LogP) is 2.43. The summed E-state index contributed by atoms with van der Waals surface area (Å²) in [6, 6.07) is 5.57. The first kappa shape index (κ1) is 14.1. The molecule has 0 unspecified atom stereocenters. The second-order valence-electron chi connectivity index (χ2n) is 4.29. The van der Waals surface area contributed by atoms with E-state index in [2.05, 4.69) is 5.32 Å². The average Bonchev–Trinajstić information content (AvgIpc) is 2.73. The number of halogens is 1. The monoisotopic (exact) mass is 297 g/mol. The summed E-state index contributed by atoms with van der Waals surface area (Å²) in [5, 5.41) is 4.38. The Kier molecular flexibility index (Phi) is 4.29. The van der Waals surface area contributed by atoms with Crippen LogP contribution in [0.2, 0.25) is 5.02 Å². The van der Waals surface area contributed by atoms with Gasteiger partial charge in [-0.2, -0.15) is 0 Å². The molecule has 0 fully saturated rings. The minimum atomic E-state index is -0.0648. The molecule has 0 saturated heterocycles. The van der Waals surface area contributed by atoms with Gasteiger partial charge in [-0.25, -0.2) is 0 Å². The summed E-state index contributed by atoms with van der Waals surface area (Å²) < 4.78 is 0.940. The average molecular weight is 298 g/mol. The molecule has 0 atom stereocenters. The van der Waals surface area contributed by atoms with E-state index in [0.717, 1.165) is 16.6 Å². The number of benzene rings is 1.